The highest BCUT2D eigenvalue weighted by atomic mass is 16.3. The standard InChI is InChI=1S/C13H18N2O4/c1-8(2)6-14-12(18)7-15-13(19)9-3-10(16)5-11(17)4-9/h3-5,8,16-17H,6-7H2,1-2H3,(H,14,18)(H,15,19). The van der Waals surface area contributed by atoms with Crippen LogP contribution in [0.5, 0.6) is 11.5 Å². The maximum Gasteiger partial charge on any atom is 0.251 e. The topological polar surface area (TPSA) is 98.7 Å². The first-order valence-corrected chi connectivity index (χ1v) is 5.96. The van der Waals surface area contributed by atoms with Crippen LogP contribution in [0.4, 0.5) is 0 Å². The Morgan fingerprint density at radius 3 is 2.21 bits per heavy atom. The van der Waals surface area contributed by atoms with Crippen molar-refractivity contribution in [3.05, 3.63) is 23.8 Å². The van der Waals surface area contributed by atoms with Crippen molar-refractivity contribution in [1.82, 2.24) is 10.6 Å². The Hall–Kier alpha value is -2.24. The van der Waals surface area contributed by atoms with Gasteiger partial charge in [-0.15, -0.1) is 0 Å². The first-order chi connectivity index (χ1) is 8.88. The van der Waals surface area contributed by atoms with E-state index in [4.69, 9.17) is 0 Å². The minimum atomic E-state index is -0.536. The van der Waals surface area contributed by atoms with Gasteiger partial charge in [0.1, 0.15) is 11.5 Å². The zero-order valence-electron chi connectivity index (χ0n) is 10.9. The number of benzene rings is 1. The molecule has 0 saturated carbocycles. The number of phenols is 2. The molecule has 1 aromatic rings. The van der Waals surface area contributed by atoms with Crippen LogP contribution in [0.25, 0.3) is 0 Å². The Balaban J connectivity index is 2.49. The Bertz CT molecular complexity index is 451. The van der Waals surface area contributed by atoms with E-state index in [0.29, 0.717) is 12.5 Å². The van der Waals surface area contributed by atoms with E-state index < -0.39 is 5.91 Å². The van der Waals surface area contributed by atoms with Crippen LogP contribution in [-0.2, 0) is 4.79 Å². The number of rotatable bonds is 5. The third kappa shape index (κ3) is 5.29. The number of carbonyl (C=O) groups excluding carboxylic acids is 2. The lowest BCUT2D eigenvalue weighted by Crippen LogP contribution is -2.38. The van der Waals surface area contributed by atoms with E-state index in [9.17, 15) is 19.8 Å². The van der Waals surface area contributed by atoms with Crippen molar-refractivity contribution in [2.45, 2.75) is 13.8 Å². The Labute approximate surface area is 111 Å². The summed E-state index contributed by atoms with van der Waals surface area (Å²) in [5, 5.41) is 23.6. The molecule has 0 bridgehead atoms. The molecule has 1 aromatic carbocycles. The molecular formula is C13H18N2O4. The molecule has 0 aliphatic heterocycles. The Morgan fingerprint density at radius 1 is 1.11 bits per heavy atom. The molecule has 0 spiro atoms. The molecule has 6 nitrogen and oxygen atoms in total. The third-order valence-electron chi connectivity index (χ3n) is 2.28. The van der Waals surface area contributed by atoms with Crippen molar-refractivity contribution < 1.29 is 19.8 Å². The highest BCUT2D eigenvalue weighted by Gasteiger charge is 2.10. The van der Waals surface area contributed by atoms with Gasteiger partial charge in [-0.25, -0.2) is 0 Å². The summed E-state index contributed by atoms with van der Waals surface area (Å²) in [6.07, 6.45) is 0. The molecule has 0 saturated heterocycles. The fourth-order valence-corrected chi connectivity index (χ4v) is 1.37. The molecule has 6 heteroatoms. The second kappa shape index (κ2) is 6.63. The van der Waals surface area contributed by atoms with Gasteiger partial charge in [-0.05, 0) is 18.1 Å². The first kappa shape index (κ1) is 14.8. The fraction of sp³-hybridized carbons (Fsp3) is 0.385. The lowest BCUT2D eigenvalue weighted by Gasteiger charge is -2.09. The molecule has 104 valence electrons. The predicted octanol–water partition coefficient (Wildman–Crippen LogP) is 0.600. The van der Waals surface area contributed by atoms with Crippen molar-refractivity contribution in [1.29, 1.82) is 0 Å². The van der Waals surface area contributed by atoms with E-state index in [1.54, 1.807) is 0 Å². The molecule has 0 heterocycles. The Kier molecular flexibility index (Phi) is 5.17. The van der Waals surface area contributed by atoms with Gasteiger partial charge < -0.3 is 20.8 Å². The molecule has 0 unspecified atom stereocenters. The van der Waals surface area contributed by atoms with Crippen LogP contribution >= 0.6 is 0 Å². The lowest BCUT2D eigenvalue weighted by atomic mass is 10.2. The summed E-state index contributed by atoms with van der Waals surface area (Å²) in [5.41, 5.74) is 0.0918. The first-order valence-electron chi connectivity index (χ1n) is 5.96. The van der Waals surface area contributed by atoms with Gasteiger partial charge in [0.05, 0.1) is 6.54 Å². The molecular weight excluding hydrogens is 248 g/mol. The van der Waals surface area contributed by atoms with E-state index in [1.165, 1.54) is 12.1 Å². The van der Waals surface area contributed by atoms with Crippen LogP contribution in [0.2, 0.25) is 0 Å². The van der Waals surface area contributed by atoms with Gasteiger partial charge >= 0.3 is 0 Å². The monoisotopic (exact) mass is 266 g/mol. The summed E-state index contributed by atoms with van der Waals surface area (Å²) in [6, 6.07) is 3.54. The summed E-state index contributed by atoms with van der Waals surface area (Å²) >= 11 is 0. The second-order valence-electron chi connectivity index (χ2n) is 4.62. The minimum Gasteiger partial charge on any atom is -0.508 e. The summed E-state index contributed by atoms with van der Waals surface area (Å²) in [4.78, 5) is 23.1. The normalized spacial score (nSPS) is 10.3. The maximum atomic E-state index is 11.7. The zero-order valence-corrected chi connectivity index (χ0v) is 10.9. The summed E-state index contributed by atoms with van der Waals surface area (Å²) in [7, 11) is 0. The summed E-state index contributed by atoms with van der Waals surface area (Å²) < 4.78 is 0. The highest BCUT2D eigenvalue weighted by Crippen LogP contribution is 2.20. The van der Waals surface area contributed by atoms with Crippen LogP contribution in [0.1, 0.15) is 24.2 Å². The van der Waals surface area contributed by atoms with Crippen LogP contribution in [-0.4, -0.2) is 35.1 Å². The number of carbonyl (C=O) groups is 2. The van der Waals surface area contributed by atoms with Gasteiger partial charge in [-0.3, -0.25) is 9.59 Å². The van der Waals surface area contributed by atoms with Crippen molar-refractivity contribution in [3.63, 3.8) is 0 Å². The maximum absolute atomic E-state index is 11.7. The summed E-state index contributed by atoms with van der Waals surface area (Å²) in [5.74, 6) is -0.913. The molecule has 19 heavy (non-hydrogen) atoms. The van der Waals surface area contributed by atoms with Crippen molar-refractivity contribution in [2.24, 2.45) is 5.92 Å². The van der Waals surface area contributed by atoms with Gasteiger partial charge in [0, 0.05) is 18.2 Å². The van der Waals surface area contributed by atoms with Crippen LogP contribution in [0.3, 0.4) is 0 Å². The lowest BCUT2D eigenvalue weighted by molar-refractivity contribution is -0.120. The third-order valence-corrected chi connectivity index (χ3v) is 2.28. The van der Waals surface area contributed by atoms with Gasteiger partial charge in [-0.1, -0.05) is 13.8 Å². The Morgan fingerprint density at radius 2 is 1.68 bits per heavy atom. The van der Waals surface area contributed by atoms with Crippen LogP contribution < -0.4 is 10.6 Å². The second-order valence-corrected chi connectivity index (χ2v) is 4.62. The van der Waals surface area contributed by atoms with Crippen LogP contribution in [0, 0.1) is 5.92 Å². The van der Waals surface area contributed by atoms with E-state index in [0.717, 1.165) is 6.07 Å². The van der Waals surface area contributed by atoms with Crippen molar-refractivity contribution >= 4 is 11.8 Å². The largest absolute Gasteiger partial charge is 0.508 e. The number of nitrogens with one attached hydrogen (secondary N) is 2. The molecule has 0 fully saturated rings. The molecule has 4 N–H and O–H groups in total. The van der Waals surface area contributed by atoms with Crippen molar-refractivity contribution in [3.8, 4) is 11.5 Å². The van der Waals surface area contributed by atoms with Gasteiger partial charge in [0.25, 0.3) is 5.91 Å². The van der Waals surface area contributed by atoms with Gasteiger partial charge in [-0.2, -0.15) is 0 Å². The van der Waals surface area contributed by atoms with E-state index in [2.05, 4.69) is 10.6 Å². The van der Waals surface area contributed by atoms with Gasteiger partial charge in [0.2, 0.25) is 5.91 Å². The SMILES string of the molecule is CC(C)CNC(=O)CNC(=O)c1cc(O)cc(O)c1. The predicted molar refractivity (Wildman–Crippen MR) is 70.0 cm³/mol. The summed E-state index contributed by atoms with van der Waals surface area (Å²) in [6.45, 7) is 4.33. The average Bonchev–Trinajstić information content (AvgIpc) is 2.32. The van der Waals surface area contributed by atoms with E-state index in [-0.39, 0.29) is 29.5 Å². The zero-order chi connectivity index (χ0) is 14.4. The van der Waals surface area contributed by atoms with Gasteiger partial charge in [0.15, 0.2) is 0 Å². The molecule has 0 aliphatic carbocycles. The minimum absolute atomic E-state index is 0.0918. The number of amides is 2. The molecule has 0 aliphatic rings. The smallest absolute Gasteiger partial charge is 0.251 e. The highest BCUT2D eigenvalue weighted by molar-refractivity contribution is 5.97. The van der Waals surface area contributed by atoms with E-state index >= 15 is 0 Å². The van der Waals surface area contributed by atoms with E-state index in [1.807, 2.05) is 13.8 Å². The number of hydrogen-bond acceptors (Lipinski definition) is 4. The molecule has 2 amide bonds. The fourth-order valence-electron chi connectivity index (χ4n) is 1.37. The quantitative estimate of drug-likeness (QED) is 0.627. The molecule has 0 radical (unpaired) electrons. The molecule has 0 atom stereocenters. The number of phenolic OH excluding ortho intramolecular Hbond substituents is 2. The van der Waals surface area contributed by atoms with Crippen molar-refractivity contribution in [2.75, 3.05) is 13.1 Å². The molecule has 1 rings (SSSR count). The van der Waals surface area contributed by atoms with Crippen LogP contribution in [0.15, 0.2) is 18.2 Å². The number of hydrogen-bond donors (Lipinski definition) is 4. The molecule has 0 aromatic heterocycles. The number of aromatic hydroxyl groups is 2. The average molecular weight is 266 g/mol.